The Labute approximate surface area is 179 Å². The molecular formula is C22H20ClNO4S. The fraction of sp³-hybridized carbons (Fsp3) is 0.182. The Balaban J connectivity index is 0.000000321. The Bertz CT molecular complexity index is 952. The molecule has 0 saturated carbocycles. The third kappa shape index (κ3) is 6.68. The van der Waals surface area contributed by atoms with E-state index in [-0.39, 0.29) is 6.04 Å². The summed E-state index contributed by atoms with van der Waals surface area (Å²) in [6.45, 7) is 0.628. The molecule has 2 N–H and O–H groups in total. The molecule has 3 rings (SSSR count). The first-order chi connectivity index (χ1) is 13.8. The van der Waals surface area contributed by atoms with E-state index in [4.69, 9.17) is 28.2 Å². The number of carboxylic acid groups (broad SMARTS) is 2. The van der Waals surface area contributed by atoms with Crippen molar-refractivity contribution in [2.24, 2.45) is 0 Å². The number of halogens is 1. The molecule has 5 nitrogen and oxygen atoms in total. The second kappa shape index (κ2) is 10.7. The molecule has 150 valence electrons. The third-order valence-electron chi connectivity index (χ3n) is 4.18. The predicted octanol–water partition coefficient (Wildman–Crippen LogP) is 4.37. The summed E-state index contributed by atoms with van der Waals surface area (Å²) in [6.07, 6.45) is 7.57. The fourth-order valence-corrected chi connectivity index (χ4v) is 4.17. The third-order valence-corrected chi connectivity index (χ3v) is 5.62. The van der Waals surface area contributed by atoms with Crippen LogP contribution in [0.5, 0.6) is 0 Å². The molecule has 0 saturated heterocycles. The summed E-state index contributed by atoms with van der Waals surface area (Å²) in [5.41, 5.74) is 2.63. The van der Waals surface area contributed by atoms with Gasteiger partial charge in [-0.05, 0) is 48.9 Å². The average Bonchev–Trinajstić information content (AvgIpc) is 2.83. The lowest BCUT2D eigenvalue weighted by atomic mass is 9.97. The highest BCUT2D eigenvalue weighted by molar-refractivity contribution is 7.99. The highest BCUT2D eigenvalue weighted by atomic mass is 35.5. The molecule has 29 heavy (non-hydrogen) atoms. The summed E-state index contributed by atoms with van der Waals surface area (Å²) in [5.74, 6) is 0.227. The van der Waals surface area contributed by atoms with Crippen LogP contribution < -0.4 is 0 Å². The number of fused-ring (bicyclic) bond motifs is 2. The Hall–Kier alpha value is -2.72. The SMILES string of the molecule is C#CCN(C)C1Cc2ccccc2Sc2ccc(Cl)cc21.O=C(O)C=CC(=O)O. The molecule has 0 radical (unpaired) electrons. The van der Waals surface area contributed by atoms with E-state index >= 15 is 0 Å². The maximum atomic E-state index is 9.55. The van der Waals surface area contributed by atoms with Gasteiger partial charge in [-0.3, -0.25) is 4.90 Å². The second-order valence-electron chi connectivity index (χ2n) is 6.24. The Morgan fingerprint density at radius 2 is 1.86 bits per heavy atom. The number of carbonyl (C=O) groups is 2. The lowest BCUT2D eigenvalue weighted by molar-refractivity contribution is -0.134. The number of likely N-dealkylation sites (N-methyl/N-ethyl adjacent to an activating group) is 1. The van der Waals surface area contributed by atoms with Gasteiger partial charge >= 0.3 is 11.9 Å². The van der Waals surface area contributed by atoms with Crippen molar-refractivity contribution in [1.82, 2.24) is 4.90 Å². The highest BCUT2D eigenvalue weighted by Gasteiger charge is 2.25. The normalized spacial score (nSPS) is 14.8. The molecule has 0 aliphatic carbocycles. The Morgan fingerprint density at radius 1 is 1.21 bits per heavy atom. The minimum absolute atomic E-state index is 0.255. The van der Waals surface area contributed by atoms with Crippen LogP contribution in [0.2, 0.25) is 5.02 Å². The van der Waals surface area contributed by atoms with Crippen LogP contribution in [0.15, 0.2) is 64.4 Å². The van der Waals surface area contributed by atoms with Crippen molar-refractivity contribution < 1.29 is 19.8 Å². The van der Waals surface area contributed by atoms with E-state index in [1.165, 1.54) is 20.9 Å². The van der Waals surface area contributed by atoms with Gasteiger partial charge in [-0.25, -0.2) is 9.59 Å². The van der Waals surface area contributed by atoms with Gasteiger partial charge < -0.3 is 10.2 Å². The molecule has 0 amide bonds. The van der Waals surface area contributed by atoms with Crippen LogP contribution in [0.25, 0.3) is 0 Å². The zero-order valence-electron chi connectivity index (χ0n) is 15.7. The van der Waals surface area contributed by atoms with Crippen LogP contribution in [0, 0.1) is 12.3 Å². The number of hydrogen-bond donors (Lipinski definition) is 2. The number of benzene rings is 2. The molecule has 2 aromatic rings. The lowest BCUT2D eigenvalue weighted by Gasteiger charge is -2.27. The minimum atomic E-state index is -1.26. The first-order valence-corrected chi connectivity index (χ1v) is 9.84. The number of hydrogen-bond acceptors (Lipinski definition) is 4. The highest BCUT2D eigenvalue weighted by Crippen LogP contribution is 2.43. The summed E-state index contributed by atoms with van der Waals surface area (Å²) in [5, 5.41) is 16.4. The molecule has 0 aromatic heterocycles. The van der Waals surface area contributed by atoms with Gasteiger partial charge in [0.25, 0.3) is 0 Å². The summed E-state index contributed by atoms with van der Waals surface area (Å²) in [6, 6.07) is 15.0. The quantitative estimate of drug-likeness (QED) is 0.555. The average molecular weight is 430 g/mol. The lowest BCUT2D eigenvalue weighted by Crippen LogP contribution is -2.26. The van der Waals surface area contributed by atoms with Crippen molar-refractivity contribution in [2.75, 3.05) is 13.6 Å². The van der Waals surface area contributed by atoms with Gasteiger partial charge in [0.15, 0.2) is 0 Å². The van der Waals surface area contributed by atoms with Crippen molar-refractivity contribution in [1.29, 1.82) is 0 Å². The number of carboxylic acids is 2. The molecular weight excluding hydrogens is 410 g/mol. The van der Waals surface area contributed by atoms with Crippen LogP contribution in [0.4, 0.5) is 0 Å². The molecule has 1 unspecified atom stereocenters. The maximum absolute atomic E-state index is 9.55. The van der Waals surface area contributed by atoms with E-state index in [0.717, 1.165) is 11.4 Å². The predicted molar refractivity (Wildman–Crippen MR) is 114 cm³/mol. The van der Waals surface area contributed by atoms with Crippen molar-refractivity contribution in [3.8, 4) is 12.3 Å². The van der Waals surface area contributed by atoms with Crippen molar-refractivity contribution >= 4 is 35.3 Å². The molecule has 1 atom stereocenters. The van der Waals surface area contributed by atoms with Gasteiger partial charge in [-0.2, -0.15) is 0 Å². The van der Waals surface area contributed by atoms with E-state index in [1.807, 2.05) is 17.8 Å². The van der Waals surface area contributed by atoms with E-state index < -0.39 is 11.9 Å². The first-order valence-electron chi connectivity index (χ1n) is 8.64. The zero-order valence-corrected chi connectivity index (χ0v) is 17.3. The number of aliphatic carboxylic acids is 2. The van der Waals surface area contributed by atoms with Gasteiger partial charge in [0.05, 0.1) is 6.54 Å². The van der Waals surface area contributed by atoms with Crippen LogP contribution in [-0.4, -0.2) is 40.6 Å². The van der Waals surface area contributed by atoms with Crippen LogP contribution in [0.1, 0.15) is 17.2 Å². The first kappa shape index (κ1) is 22.6. The van der Waals surface area contributed by atoms with Gasteiger partial charge in [0.1, 0.15) is 0 Å². The van der Waals surface area contributed by atoms with E-state index in [9.17, 15) is 9.59 Å². The molecule has 7 heteroatoms. The summed E-state index contributed by atoms with van der Waals surface area (Å²) >= 11 is 8.03. The topological polar surface area (TPSA) is 77.8 Å². The number of nitrogens with zero attached hydrogens (tertiary/aromatic N) is 1. The maximum Gasteiger partial charge on any atom is 0.328 e. The fourth-order valence-electron chi connectivity index (χ4n) is 2.87. The van der Waals surface area contributed by atoms with E-state index in [2.05, 4.69) is 54.3 Å². The van der Waals surface area contributed by atoms with Crippen LogP contribution >= 0.6 is 23.4 Å². The Morgan fingerprint density at radius 3 is 2.48 bits per heavy atom. The smallest absolute Gasteiger partial charge is 0.328 e. The van der Waals surface area contributed by atoms with Gasteiger partial charge in [0, 0.05) is 33.0 Å². The summed E-state index contributed by atoms with van der Waals surface area (Å²) < 4.78 is 0. The summed E-state index contributed by atoms with van der Waals surface area (Å²) in [7, 11) is 2.08. The molecule has 0 spiro atoms. The zero-order chi connectivity index (χ0) is 21.4. The van der Waals surface area contributed by atoms with Crippen molar-refractivity contribution in [3.63, 3.8) is 0 Å². The van der Waals surface area contributed by atoms with Gasteiger partial charge in [-0.15, -0.1) is 6.42 Å². The molecule has 2 aromatic carbocycles. The van der Waals surface area contributed by atoms with Crippen LogP contribution in [0.3, 0.4) is 0 Å². The van der Waals surface area contributed by atoms with E-state index in [0.29, 0.717) is 18.7 Å². The molecule has 0 bridgehead atoms. The minimum Gasteiger partial charge on any atom is -0.478 e. The Kier molecular flexibility index (Phi) is 8.34. The largest absolute Gasteiger partial charge is 0.478 e. The number of terminal acetylenes is 1. The van der Waals surface area contributed by atoms with Gasteiger partial charge in [0.2, 0.25) is 0 Å². The molecule has 1 aliphatic rings. The van der Waals surface area contributed by atoms with Crippen molar-refractivity contribution in [3.05, 3.63) is 70.8 Å². The van der Waals surface area contributed by atoms with Crippen LogP contribution in [-0.2, 0) is 16.0 Å². The van der Waals surface area contributed by atoms with E-state index in [1.54, 1.807) is 0 Å². The second-order valence-corrected chi connectivity index (χ2v) is 7.76. The van der Waals surface area contributed by atoms with Crippen molar-refractivity contribution in [2.45, 2.75) is 22.3 Å². The molecule has 1 aliphatic heterocycles. The number of rotatable bonds is 4. The summed E-state index contributed by atoms with van der Waals surface area (Å²) in [4.78, 5) is 23.9. The van der Waals surface area contributed by atoms with Gasteiger partial charge in [-0.1, -0.05) is 47.5 Å². The molecule has 0 fully saturated rings. The monoisotopic (exact) mass is 429 g/mol. The molecule has 1 heterocycles. The standard InChI is InChI=1S/C18H16ClNS.C4H4O4/c1-3-10-20(2)16-11-13-6-4-5-7-17(13)21-18-9-8-14(19)12-15(16)18;5-3(6)1-2-4(7)8/h1,4-9,12,16H,10-11H2,2H3;1-2H,(H,5,6)(H,7,8).